The topological polar surface area (TPSA) is 152 Å². The van der Waals surface area contributed by atoms with Gasteiger partial charge in [-0.25, -0.2) is 26.8 Å². The van der Waals surface area contributed by atoms with Crippen LogP contribution in [0, 0.1) is 10.1 Å². The van der Waals surface area contributed by atoms with Gasteiger partial charge >= 0.3 is 5.69 Å². The lowest BCUT2D eigenvalue weighted by atomic mass is 10.1. The Bertz CT molecular complexity index is 1450. The molecule has 1 atom stereocenters. The average molecular weight is 518 g/mol. The summed E-state index contributed by atoms with van der Waals surface area (Å²) in [6.45, 7) is 0.275. The number of rotatable bonds is 7. The number of nitrogens with one attached hydrogen (secondary N) is 1. The minimum Gasteiger partial charge on any atom is -0.334 e. The maximum atomic E-state index is 13.4. The zero-order valence-electron chi connectivity index (χ0n) is 18.7. The molecule has 0 aliphatic carbocycles. The molecule has 1 aliphatic rings. The van der Waals surface area contributed by atoms with E-state index < -0.39 is 35.7 Å². The second kappa shape index (κ2) is 9.58. The van der Waals surface area contributed by atoms with Crippen molar-refractivity contribution in [2.75, 3.05) is 23.0 Å². The molecule has 2 aromatic carbocycles. The molecule has 1 aliphatic heterocycles. The second-order valence-corrected chi connectivity index (χ2v) is 12.2. The van der Waals surface area contributed by atoms with Crippen molar-refractivity contribution in [3.05, 3.63) is 71.0 Å². The quantitative estimate of drug-likeness (QED) is 0.365. The van der Waals surface area contributed by atoms with Crippen LogP contribution in [0.5, 0.6) is 0 Å². The molecule has 35 heavy (non-hydrogen) atoms. The van der Waals surface area contributed by atoms with E-state index in [1.165, 1.54) is 41.3 Å². The van der Waals surface area contributed by atoms with Gasteiger partial charge in [0.25, 0.3) is 0 Å². The first-order valence-electron chi connectivity index (χ1n) is 10.7. The van der Waals surface area contributed by atoms with E-state index in [2.05, 4.69) is 15.3 Å². The summed E-state index contributed by atoms with van der Waals surface area (Å²) in [7, 11) is -7.23. The Kier molecular flexibility index (Phi) is 6.72. The van der Waals surface area contributed by atoms with Gasteiger partial charge in [-0.3, -0.25) is 10.1 Å². The highest BCUT2D eigenvalue weighted by atomic mass is 32.2. The van der Waals surface area contributed by atoms with E-state index in [-0.39, 0.29) is 28.0 Å². The fourth-order valence-electron chi connectivity index (χ4n) is 3.99. The summed E-state index contributed by atoms with van der Waals surface area (Å²) in [5.74, 6) is -0.224. The Hall–Kier alpha value is -3.58. The number of nitrogens with zero attached hydrogens (tertiary/aromatic N) is 4. The zero-order chi connectivity index (χ0) is 25.2. The minimum atomic E-state index is -3.83. The molecule has 1 fully saturated rings. The number of piperidine rings is 1. The van der Waals surface area contributed by atoms with Crippen molar-refractivity contribution < 1.29 is 21.8 Å². The molecule has 1 aromatic heterocycles. The van der Waals surface area contributed by atoms with Crippen LogP contribution in [-0.2, 0) is 19.7 Å². The number of benzene rings is 2. The Morgan fingerprint density at radius 1 is 0.971 bits per heavy atom. The molecule has 184 valence electrons. The molecule has 0 spiro atoms. The third-order valence-corrected chi connectivity index (χ3v) is 8.94. The molecule has 1 saturated heterocycles. The molecule has 0 bridgehead atoms. The third-order valence-electron chi connectivity index (χ3n) is 5.68. The molecule has 1 unspecified atom stereocenters. The summed E-state index contributed by atoms with van der Waals surface area (Å²) < 4.78 is 50.2. The highest BCUT2D eigenvalue weighted by molar-refractivity contribution is 7.92. The number of hydrogen-bond acceptors (Lipinski definition) is 10. The zero-order valence-corrected chi connectivity index (χ0v) is 20.4. The predicted octanol–water partition coefficient (Wildman–Crippen LogP) is 3.32. The maximum Gasteiger partial charge on any atom is 0.353 e. The van der Waals surface area contributed by atoms with Crippen LogP contribution < -0.4 is 10.2 Å². The summed E-state index contributed by atoms with van der Waals surface area (Å²) in [4.78, 5) is 21.3. The molecule has 4 rings (SSSR count). The minimum absolute atomic E-state index is 0.0931. The van der Waals surface area contributed by atoms with Crippen molar-refractivity contribution in [3.8, 4) is 0 Å². The monoisotopic (exact) mass is 517 g/mol. The first-order valence-corrected chi connectivity index (χ1v) is 14.1. The number of sulfone groups is 2. The lowest BCUT2D eigenvalue weighted by molar-refractivity contribution is -0.383. The van der Waals surface area contributed by atoms with Crippen molar-refractivity contribution >= 4 is 42.7 Å². The van der Waals surface area contributed by atoms with Gasteiger partial charge in [0.1, 0.15) is 11.7 Å². The van der Waals surface area contributed by atoms with Crippen LogP contribution in [0.2, 0.25) is 0 Å². The van der Waals surface area contributed by atoms with Crippen LogP contribution in [0.15, 0.2) is 70.7 Å². The summed E-state index contributed by atoms with van der Waals surface area (Å²) >= 11 is 0. The normalized spacial score (nSPS) is 16.6. The Morgan fingerprint density at radius 2 is 1.66 bits per heavy atom. The average Bonchev–Trinajstić information content (AvgIpc) is 2.84. The van der Waals surface area contributed by atoms with E-state index in [1.54, 1.807) is 18.2 Å². The van der Waals surface area contributed by atoms with E-state index in [0.29, 0.717) is 24.9 Å². The fraction of sp³-hybridized carbons (Fsp3) is 0.273. The van der Waals surface area contributed by atoms with Crippen LogP contribution in [0.25, 0.3) is 0 Å². The molecular formula is C22H23N5O6S2. The fourth-order valence-corrected chi connectivity index (χ4v) is 6.49. The first-order chi connectivity index (χ1) is 16.6. The number of hydrogen-bond donors (Lipinski definition) is 1. The number of nitro groups is 1. The number of anilines is 3. The molecule has 0 amide bonds. The number of aromatic nitrogens is 2. The molecule has 0 radical (unpaired) electrons. The van der Waals surface area contributed by atoms with Crippen LogP contribution in [0.4, 0.5) is 23.0 Å². The van der Waals surface area contributed by atoms with Gasteiger partial charge in [-0.15, -0.1) is 0 Å². The summed E-state index contributed by atoms with van der Waals surface area (Å²) in [6, 6.07) is 13.7. The lowest BCUT2D eigenvalue weighted by Crippen LogP contribution is -2.45. The van der Waals surface area contributed by atoms with Crippen molar-refractivity contribution in [1.29, 1.82) is 0 Å². The lowest BCUT2D eigenvalue weighted by Gasteiger charge is -2.35. The molecule has 2 heterocycles. The van der Waals surface area contributed by atoms with Gasteiger partial charge in [-0.1, -0.05) is 18.2 Å². The standard InChI is InChI=1S/C22H23N5O6S2/c1-34(30,31)17-12-10-16(11-13-17)25-21-20(27(28)29)22(24-15-23-21)26-14-6-5-9-19(26)35(32,33)18-7-3-2-4-8-18/h2-4,7-8,10-13,15,19H,5-6,9,14H2,1H3,(H,23,24,25). The van der Waals surface area contributed by atoms with E-state index in [1.807, 2.05) is 0 Å². The van der Waals surface area contributed by atoms with E-state index in [9.17, 15) is 26.9 Å². The molecule has 0 saturated carbocycles. The summed E-state index contributed by atoms with van der Waals surface area (Å²) in [5.41, 5.74) is -0.0906. The first kappa shape index (κ1) is 24.5. The highest BCUT2D eigenvalue weighted by Gasteiger charge is 2.39. The van der Waals surface area contributed by atoms with E-state index in [0.717, 1.165) is 12.6 Å². The van der Waals surface area contributed by atoms with Gasteiger partial charge in [0.2, 0.25) is 11.6 Å². The van der Waals surface area contributed by atoms with Crippen molar-refractivity contribution in [2.24, 2.45) is 0 Å². The largest absolute Gasteiger partial charge is 0.353 e. The second-order valence-electron chi connectivity index (χ2n) is 8.08. The van der Waals surface area contributed by atoms with Crippen LogP contribution in [0.3, 0.4) is 0 Å². The van der Waals surface area contributed by atoms with Gasteiger partial charge in [0.05, 0.1) is 14.7 Å². The van der Waals surface area contributed by atoms with Gasteiger partial charge in [0, 0.05) is 18.5 Å². The maximum absolute atomic E-state index is 13.4. The summed E-state index contributed by atoms with van der Waals surface area (Å²) in [5, 5.41) is 13.9. The molecule has 11 nitrogen and oxygen atoms in total. The smallest absolute Gasteiger partial charge is 0.334 e. The summed E-state index contributed by atoms with van der Waals surface area (Å²) in [6.07, 6.45) is 3.82. The van der Waals surface area contributed by atoms with Crippen molar-refractivity contribution in [2.45, 2.75) is 34.4 Å². The van der Waals surface area contributed by atoms with Gasteiger partial charge in [0.15, 0.2) is 19.7 Å². The van der Waals surface area contributed by atoms with Crippen LogP contribution >= 0.6 is 0 Å². The third kappa shape index (κ3) is 5.10. The van der Waals surface area contributed by atoms with Crippen LogP contribution in [0.1, 0.15) is 19.3 Å². The Labute approximate surface area is 202 Å². The Morgan fingerprint density at radius 3 is 2.29 bits per heavy atom. The molecular weight excluding hydrogens is 494 g/mol. The van der Waals surface area contributed by atoms with Crippen LogP contribution in [-0.4, -0.2) is 49.9 Å². The molecule has 3 aromatic rings. The van der Waals surface area contributed by atoms with Gasteiger partial charge in [-0.2, -0.15) is 0 Å². The molecule has 1 N–H and O–H groups in total. The SMILES string of the molecule is CS(=O)(=O)c1ccc(Nc2ncnc(N3CCCCC3S(=O)(=O)c3ccccc3)c2[N+](=O)[O-])cc1. The molecule has 13 heteroatoms. The van der Waals surface area contributed by atoms with E-state index in [4.69, 9.17) is 0 Å². The highest BCUT2D eigenvalue weighted by Crippen LogP contribution is 2.38. The Balaban J connectivity index is 1.74. The predicted molar refractivity (Wildman–Crippen MR) is 130 cm³/mol. The van der Waals surface area contributed by atoms with Crippen molar-refractivity contribution in [3.63, 3.8) is 0 Å². The van der Waals surface area contributed by atoms with Gasteiger partial charge in [-0.05, 0) is 55.7 Å². The van der Waals surface area contributed by atoms with Crippen molar-refractivity contribution in [1.82, 2.24) is 9.97 Å². The van der Waals surface area contributed by atoms with Gasteiger partial charge < -0.3 is 10.2 Å². The van der Waals surface area contributed by atoms with E-state index >= 15 is 0 Å².